The van der Waals surface area contributed by atoms with E-state index < -0.39 is 0 Å². The van der Waals surface area contributed by atoms with Crippen LogP contribution in [-0.4, -0.2) is 23.4 Å². The van der Waals surface area contributed by atoms with Gasteiger partial charge in [-0.2, -0.15) is 0 Å². The van der Waals surface area contributed by atoms with E-state index in [0.29, 0.717) is 11.1 Å². The van der Waals surface area contributed by atoms with Gasteiger partial charge in [-0.25, -0.2) is 0 Å². The van der Waals surface area contributed by atoms with E-state index in [2.05, 4.69) is 27.7 Å². The zero-order valence-electron chi connectivity index (χ0n) is 12.5. The fourth-order valence-electron chi connectivity index (χ4n) is 3.00. The molecule has 5 heteroatoms. The quantitative estimate of drug-likeness (QED) is 0.888. The van der Waals surface area contributed by atoms with Gasteiger partial charge in [-0.1, -0.05) is 23.7 Å². The molecule has 3 nitrogen and oxygen atoms in total. The van der Waals surface area contributed by atoms with Crippen LogP contribution >= 0.6 is 22.9 Å². The second-order valence-corrected chi connectivity index (χ2v) is 7.00. The second-order valence-electron chi connectivity index (χ2n) is 5.59. The highest BCUT2D eigenvalue weighted by Gasteiger charge is 2.33. The lowest BCUT2D eigenvalue weighted by Gasteiger charge is -2.29. The lowest BCUT2D eigenvalue weighted by atomic mass is 10.1. The summed E-state index contributed by atoms with van der Waals surface area (Å²) in [6.07, 6.45) is 2.26. The summed E-state index contributed by atoms with van der Waals surface area (Å²) in [7, 11) is 0. The third kappa shape index (κ3) is 3.35. The van der Waals surface area contributed by atoms with Crippen LogP contribution in [0.5, 0.6) is 0 Å². The van der Waals surface area contributed by atoms with Crippen molar-refractivity contribution in [1.29, 1.82) is 0 Å². The first-order valence-corrected chi connectivity index (χ1v) is 8.76. The molecule has 1 aromatic carbocycles. The number of nitrogens with zero attached hydrogens (tertiary/aromatic N) is 1. The molecule has 116 valence electrons. The zero-order valence-corrected chi connectivity index (χ0v) is 14.0. The van der Waals surface area contributed by atoms with Crippen LogP contribution in [0.4, 0.5) is 5.69 Å². The largest absolute Gasteiger partial charge is 0.325 e. The average Bonchev–Trinajstić information content (AvgIpc) is 3.17. The van der Waals surface area contributed by atoms with Gasteiger partial charge in [0.1, 0.15) is 0 Å². The maximum absolute atomic E-state index is 12.5. The predicted octanol–water partition coefficient (Wildman–Crippen LogP) is 4.57. The number of hydrogen-bond acceptors (Lipinski definition) is 3. The van der Waals surface area contributed by atoms with Crippen molar-refractivity contribution in [2.75, 3.05) is 11.9 Å². The molecule has 0 saturated carbocycles. The number of amides is 1. The fraction of sp³-hybridized carbons (Fsp3) is 0.353. The molecular weight excluding hydrogens is 316 g/mol. The van der Waals surface area contributed by atoms with Gasteiger partial charge in [0.15, 0.2) is 0 Å². The van der Waals surface area contributed by atoms with Crippen molar-refractivity contribution >= 4 is 34.5 Å². The molecule has 2 atom stereocenters. The molecule has 1 N–H and O–H groups in total. The first-order chi connectivity index (χ1) is 10.6. The Morgan fingerprint density at radius 3 is 3.00 bits per heavy atom. The summed E-state index contributed by atoms with van der Waals surface area (Å²) >= 11 is 7.73. The van der Waals surface area contributed by atoms with Crippen molar-refractivity contribution in [2.45, 2.75) is 31.8 Å². The third-order valence-corrected chi connectivity index (χ3v) is 5.34. The van der Waals surface area contributed by atoms with E-state index in [-0.39, 0.29) is 11.9 Å². The van der Waals surface area contributed by atoms with Gasteiger partial charge >= 0.3 is 0 Å². The Balaban J connectivity index is 1.70. The molecule has 0 aliphatic carbocycles. The van der Waals surface area contributed by atoms with Crippen LogP contribution in [-0.2, 0) is 4.79 Å². The number of rotatable bonds is 4. The Morgan fingerprint density at radius 2 is 2.27 bits per heavy atom. The summed E-state index contributed by atoms with van der Waals surface area (Å²) in [4.78, 5) is 16.2. The summed E-state index contributed by atoms with van der Waals surface area (Å²) in [5.74, 6) is 0.0192. The van der Waals surface area contributed by atoms with Crippen LogP contribution in [0.25, 0.3) is 0 Å². The normalized spacial score (nSPS) is 20.0. The number of nitrogens with one attached hydrogen (secondary N) is 1. The minimum absolute atomic E-state index is 0.0192. The molecule has 1 amide bonds. The van der Waals surface area contributed by atoms with Gasteiger partial charge < -0.3 is 5.32 Å². The Bertz CT molecular complexity index is 644. The smallest absolute Gasteiger partial charge is 0.241 e. The van der Waals surface area contributed by atoms with Crippen LogP contribution in [0.3, 0.4) is 0 Å². The molecular formula is C17H19ClN2OS. The Kier molecular flexibility index (Phi) is 4.81. The highest BCUT2D eigenvalue weighted by molar-refractivity contribution is 7.10. The van der Waals surface area contributed by atoms with Gasteiger partial charge in [0.05, 0.1) is 6.04 Å². The Labute approximate surface area is 139 Å². The molecule has 22 heavy (non-hydrogen) atoms. The summed E-state index contributed by atoms with van der Waals surface area (Å²) in [5.41, 5.74) is 0.747. The molecule has 0 unspecified atom stereocenters. The van der Waals surface area contributed by atoms with Gasteiger partial charge in [0, 0.05) is 21.6 Å². The van der Waals surface area contributed by atoms with E-state index in [1.165, 1.54) is 4.88 Å². The zero-order chi connectivity index (χ0) is 15.5. The van der Waals surface area contributed by atoms with Crippen LogP contribution in [0.1, 0.15) is 30.7 Å². The molecule has 0 spiro atoms. The molecule has 1 aliphatic heterocycles. The number of benzene rings is 1. The van der Waals surface area contributed by atoms with Crippen LogP contribution in [0, 0.1) is 0 Å². The van der Waals surface area contributed by atoms with Gasteiger partial charge in [0.2, 0.25) is 5.91 Å². The average molecular weight is 335 g/mol. The summed E-state index contributed by atoms with van der Waals surface area (Å²) in [6, 6.07) is 11.7. The molecule has 1 aromatic heterocycles. The van der Waals surface area contributed by atoms with Gasteiger partial charge in [-0.3, -0.25) is 9.69 Å². The minimum Gasteiger partial charge on any atom is -0.325 e. The van der Waals surface area contributed by atoms with Gasteiger partial charge in [-0.05, 0) is 56.0 Å². The van der Waals surface area contributed by atoms with Crippen LogP contribution in [0.2, 0.25) is 5.02 Å². The summed E-state index contributed by atoms with van der Waals surface area (Å²) < 4.78 is 0. The van der Waals surface area contributed by atoms with Crippen molar-refractivity contribution in [3.63, 3.8) is 0 Å². The van der Waals surface area contributed by atoms with Crippen molar-refractivity contribution in [1.82, 2.24) is 4.90 Å². The Morgan fingerprint density at radius 1 is 1.41 bits per heavy atom. The predicted molar refractivity (Wildman–Crippen MR) is 92.5 cm³/mol. The van der Waals surface area contributed by atoms with Crippen molar-refractivity contribution in [2.24, 2.45) is 0 Å². The monoisotopic (exact) mass is 334 g/mol. The van der Waals surface area contributed by atoms with Crippen molar-refractivity contribution < 1.29 is 4.79 Å². The number of halogens is 1. The number of carbonyl (C=O) groups is 1. The van der Waals surface area contributed by atoms with E-state index in [4.69, 9.17) is 11.6 Å². The summed E-state index contributed by atoms with van der Waals surface area (Å²) in [5, 5.41) is 5.69. The standard InChI is InChI=1S/C17H19ClN2OS/c1-12(17(21)19-14-6-2-5-13(18)11-14)20-9-3-7-15(20)16-8-4-10-22-16/h2,4-6,8,10-12,15H,3,7,9H2,1H3,(H,19,21)/t12-,15+/m0/s1. The Hall–Kier alpha value is -1.36. The minimum atomic E-state index is -0.159. The molecule has 0 radical (unpaired) electrons. The van der Waals surface area contributed by atoms with E-state index in [1.807, 2.05) is 19.1 Å². The molecule has 0 bridgehead atoms. The van der Waals surface area contributed by atoms with Crippen molar-refractivity contribution in [3.8, 4) is 0 Å². The molecule has 1 aliphatic rings. The third-order valence-electron chi connectivity index (χ3n) is 4.13. The maximum Gasteiger partial charge on any atom is 0.241 e. The topological polar surface area (TPSA) is 32.3 Å². The van der Waals surface area contributed by atoms with Gasteiger partial charge in [0.25, 0.3) is 0 Å². The molecule has 1 fully saturated rings. The van der Waals surface area contributed by atoms with Crippen molar-refractivity contribution in [3.05, 3.63) is 51.7 Å². The lowest BCUT2D eigenvalue weighted by Crippen LogP contribution is -2.41. The SMILES string of the molecule is C[C@@H](C(=O)Nc1cccc(Cl)c1)N1CCC[C@@H]1c1cccs1. The first-order valence-electron chi connectivity index (χ1n) is 7.51. The second kappa shape index (κ2) is 6.82. The number of hydrogen-bond donors (Lipinski definition) is 1. The lowest BCUT2D eigenvalue weighted by molar-refractivity contribution is -0.121. The molecule has 3 rings (SSSR count). The molecule has 2 heterocycles. The highest BCUT2D eigenvalue weighted by atomic mass is 35.5. The van der Waals surface area contributed by atoms with Gasteiger partial charge in [-0.15, -0.1) is 11.3 Å². The molecule has 1 saturated heterocycles. The summed E-state index contributed by atoms with van der Waals surface area (Å²) in [6.45, 7) is 2.94. The number of anilines is 1. The van der Waals surface area contributed by atoms with E-state index >= 15 is 0 Å². The fourth-order valence-corrected chi connectivity index (χ4v) is 4.07. The number of carbonyl (C=O) groups excluding carboxylic acids is 1. The van der Waals surface area contributed by atoms with E-state index in [0.717, 1.165) is 25.1 Å². The first kappa shape index (κ1) is 15.5. The highest BCUT2D eigenvalue weighted by Crippen LogP contribution is 2.36. The number of likely N-dealkylation sites (tertiary alicyclic amines) is 1. The molecule has 2 aromatic rings. The van der Waals surface area contributed by atoms with Crippen LogP contribution < -0.4 is 5.32 Å². The maximum atomic E-state index is 12.5. The van der Waals surface area contributed by atoms with Crippen LogP contribution in [0.15, 0.2) is 41.8 Å². The van der Waals surface area contributed by atoms with E-state index in [9.17, 15) is 4.79 Å². The number of thiophene rings is 1. The van der Waals surface area contributed by atoms with E-state index in [1.54, 1.807) is 23.5 Å².